The molecule has 1 aromatic rings. The van der Waals surface area contributed by atoms with Gasteiger partial charge in [-0.05, 0) is 0 Å². The number of hydrogen-bond donors (Lipinski definition) is 1. The second-order valence-electron chi connectivity index (χ2n) is 2.76. The number of carbonyl (C=O) groups is 1. The number of aromatic amines is 1. The Bertz CT molecular complexity index is 460. The van der Waals surface area contributed by atoms with E-state index in [1.807, 2.05) is 4.98 Å². The molecule has 0 aliphatic rings. The highest BCUT2D eigenvalue weighted by Gasteiger charge is 2.05. The summed E-state index contributed by atoms with van der Waals surface area (Å²) >= 11 is 5.50. The van der Waals surface area contributed by atoms with E-state index < -0.39 is 11.2 Å². The number of hydrogen-bond acceptors (Lipinski definition) is 3. The van der Waals surface area contributed by atoms with Crippen molar-refractivity contribution in [2.75, 3.05) is 0 Å². The van der Waals surface area contributed by atoms with E-state index in [2.05, 4.69) is 0 Å². The first-order valence-electron chi connectivity index (χ1n) is 4.05. The average Bonchev–Trinajstić information content (AvgIpc) is 2.14. The van der Waals surface area contributed by atoms with Gasteiger partial charge in [-0.2, -0.15) is 0 Å². The minimum Gasteiger partial charge on any atom is -0.298 e. The zero-order valence-corrected chi connectivity index (χ0v) is 8.30. The monoisotopic (exact) mass is 216 g/mol. The molecular weight excluding hydrogens is 208 g/mol. The molecule has 0 aliphatic heterocycles. The summed E-state index contributed by atoms with van der Waals surface area (Å²) in [5, 5.41) is -0.103. The van der Waals surface area contributed by atoms with Crippen LogP contribution >= 0.6 is 11.6 Å². The molecule has 0 saturated heterocycles. The summed E-state index contributed by atoms with van der Waals surface area (Å²) in [6.07, 6.45) is 1.50. The van der Waals surface area contributed by atoms with Crippen LogP contribution in [0.5, 0.6) is 0 Å². The van der Waals surface area contributed by atoms with Gasteiger partial charge >= 0.3 is 5.69 Å². The lowest BCUT2D eigenvalue weighted by Crippen LogP contribution is -2.31. The maximum atomic E-state index is 11.1. The van der Waals surface area contributed by atoms with Gasteiger partial charge in [-0.25, -0.2) is 4.79 Å². The van der Waals surface area contributed by atoms with Gasteiger partial charge in [0, 0.05) is 12.6 Å². The number of carbonyl (C=O) groups excluding carboxylic acids is 1. The van der Waals surface area contributed by atoms with E-state index in [9.17, 15) is 14.4 Å². The van der Waals surface area contributed by atoms with Crippen molar-refractivity contribution < 1.29 is 4.79 Å². The molecule has 76 valence electrons. The Labute approximate surface area is 84.3 Å². The largest absolute Gasteiger partial charge is 0.328 e. The fraction of sp³-hybridized carbons (Fsp3) is 0.375. The molecule has 1 N–H and O–H groups in total. The van der Waals surface area contributed by atoms with Gasteiger partial charge in [-0.15, -0.1) is 0 Å². The number of aromatic nitrogens is 2. The van der Waals surface area contributed by atoms with Crippen LogP contribution in [-0.4, -0.2) is 15.3 Å². The summed E-state index contributed by atoms with van der Waals surface area (Å²) in [5.74, 6) is -0.102. The second-order valence-corrected chi connectivity index (χ2v) is 3.16. The minimum absolute atomic E-state index is 0.0637. The van der Waals surface area contributed by atoms with Gasteiger partial charge in [0.25, 0.3) is 5.56 Å². The number of halogens is 1. The van der Waals surface area contributed by atoms with E-state index >= 15 is 0 Å². The zero-order valence-electron chi connectivity index (χ0n) is 7.54. The fourth-order valence-electron chi connectivity index (χ4n) is 0.902. The highest BCUT2D eigenvalue weighted by molar-refractivity contribution is 6.30. The Morgan fingerprint density at radius 2 is 2.21 bits per heavy atom. The Morgan fingerprint density at radius 3 is 2.79 bits per heavy atom. The Balaban J connectivity index is 3.11. The summed E-state index contributed by atoms with van der Waals surface area (Å²) in [5.41, 5.74) is -1.27. The van der Waals surface area contributed by atoms with Gasteiger partial charge in [0.1, 0.15) is 5.02 Å². The molecule has 0 radical (unpaired) electrons. The summed E-state index contributed by atoms with van der Waals surface area (Å²) in [4.78, 5) is 35.0. The lowest BCUT2D eigenvalue weighted by molar-refractivity contribution is -0.119. The second kappa shape index (κ2) is 4.23. The maximum Gasteiger partial charge on any atom is 0.328 e. The minimum atomic E-state index is -0.642. The lowest BCUT2D eigenvalue weighted by atomic mass is 10.3. The normalized spacial score (nSPS) is 10.1. The number of Topliss-reactive ketones (excluding diaryl/α,β-unsaturated/α-hetero) is 1. The predicted octanol–water partition coefficient (Wildman–Crippen LogP) is 0.169. The molecule has 0 atom stereocenters. The van der Waals surface area contributed by atoms with Crippen molar-refractivity contribution in [2.45, 2.75) is 19.9 Å². The first-order chi connectivity index (χ1) is 6.54. The molecule has 0 aromatic carbocycles. The van der Waals surface area contributed by atoms with Crippen LogP contribution < -0.4 is 11.2 Å². The molecule has 5 nitrogen and oxygen atoms in total. The van der Waals surface area contributed by atoms with Crippen LogP contribution in [0.4, 0.5) is 0 Å². The molecule has 0 spiro atoms. The van der Waals surface area contributed by atoms with Gasteiger partial charge in [0.15, 0.2) is 5.78 Å². The van der Waals surface area contributed by atoms with Crippen molar-refractivity contribution in [1.29, 1.82) is 0 Å². The van der Waals surface area contributed by atoms with Crippen LogP contribution in [0.2, 0.25) is 5.02 Å². The third-order valence-corrected chi connectivity index (χ3v) is 1.98. The topological polar surface area (TPSA) is 71.9 Å². The van der Waals surface area contributed by atoms with Gasteiger partial charge in [-0.3, -0.25) is 19.1 Å². The van der Waals surface area contributed by atoms with Crippen LogP contribution in [0.25, 0.3) is 0 Å². The van der Waals surface area contributed by atoms with E-state index in [4.69, 9.17) is 11.6 Å². The molecule has 0 bridgehead atoms. The highest BCUT2D eigenvalue weighted by Crippen LogP contribution is 1.96. The molecule has 14 heavy (non-hydrogen) atoms. The SMILES string of the molecule is CCC(=O)Cn1cc(Cl)c(=O)[nH]c1=O. The number of ketones is 1. The van der Waals surface area contributed by atoms with Crippen LogP contribution in [0.3, 0.4) is 0 Å². The van der Waals surface area contributed by atoms with Crippen molar-refractivity contribution in [1.82, 2.24) is 9.55 Å². The third kappa shape index (κ3) is 2.32. The standard InChI is InChI=1S/C8H9ClN2O3/c1-2-5(12)3-11-4-6(9)7(13)10-8(11)14/h4H,2-3H2,1H3,(H,10,13,14). The molecule has 0 unspecified atom stereocenters. The average molecular weight is 217 g/mol. The van der Waals surface area contributed by atoms with E-state index in [0.717, 1.165) is 10.8 Å². The summed E-state index contributed by atoms with van der Waals surface area (Å²) in [7, 11) is 0. The predicted molar refractivity (Wildman–Crippen MR) is 51.6 cm³/mol. The Hall–Kier alpha value is -1.36. The van der Waals surface area contributed by atoms with Gasteiger partial charge in [0.2, 0.25) is 0 Å². The number of rotatable bonds is 3. The van der Waals surface area contributed by atoms with E-state index in [-0.39, 0.29) is 17.4 Å². The zero-order chi connectivity index (χ0) is 10.7. The van der Waals surface area contributed by atoms with E-state index in [1.54, 1.807) is 6.92 Å². The van der Waals surface area contributed by atoms with Crippen molar-refractivity contribution >= 4 is 17.4 Å². The molecule has 0 amide bonds. The Kier molecular flexibility index (Phi) is 3.24. The first-order valence-corrected chi connectivity index (χ1v) is 4.43. The molecule has 1 rings (SSSR count). The smallest absolute Gasteiger partial charge is 0.298 e. The van der Waals surface area contributed by atoms with Gasteiger partial charge in [0.05, 0.1) is 6.54 Å². The van der Waals surface area contributed by atoms with Crippen LogP contribution in [0.15, 0.2) is 15.8 Å². The quantitative estimate of drug-likeness (QED) is 0.783. The summed E-state index contributed by atoms with van der Waals surface area (Å²) in [6.45, 7) is 1.63. The third-order valence-electron chi connectivity index (χ3n) is 1.71. The van der Waals surface area contributed by atoms with E-state index in [1.165, 1.54) is 0 Å². The maximum absolute atomic E-state index is 11.1. The molecule has 6 heteroatoms. The van der Waals surface area contributed by atoms with Gasteiger partial charge < -0.3 is 0 Å². The molecule has 0 saturated carbocycles. The summed E-state index contributed by atoms with van der Waals surface area (Å²) < 4.78 is 1.08. The van der Waals surface area contributed by atoms with Crippen molar-refractivity contribution in [3.8, 4) is 0 Å². The fourth-order valence-corrected chi connectivity index (χ4v) is 1.07. The van der Waals surface area contributed by atoms with Crippen molar-refractivity contribution in [3.63, 3.8) is 0 Å². The Morgan fingerprint density at radius 1 is 1.57 bits per heavy atom. The van der Waals surface area contributed by atoms with Crippen LogP contribution in [-0.2, 0) is 11.3 Å². The van der Waals surface area contributed by atoms with Crippen LogP contribution in [0.1, 0.15) is 13.3 Å². The number of H-pyrrole nitrogens is 1. The number of nitrogens with one attached hydrogen (secondary N) is 1. The molecule has 1 heterocycles. The highest BCUT2D eigenvalue weighted by atomic mass is 35.5. The molecule has 1 aromatic heterocycles. The molecule has 0 aliphatic carbocycles. The van der Waals surface area contributed by atoms with Crippen molar-refractivity contribution in [2.24, 2.45) is 0 Å². The molecule has 0 fully saturated rings. The van der Waals surface area contributed by atoms with E-state index in [0.29, 0.717) is 6.42 Å². The van der Waals surface area contributed by atoms with Crippen LogP contribution in [0, 0.1) is 0 Å². The molecular formula is C8H9ClN2O3. The first kappa shape index (κ1) is 10.7. The van der Waals surface area contributed by atoms with Gasteiger partial charge in [-0.1, -0.05) is 18.5 Å². The number of nitrogens with zero attached hydrogens (tertiary/aromatic N) is 1. The lowest BCUT2D eigenvalue weighted by Gasteiger charge is -2.02. The van der Waals surface area contributed by atoms with Crippen molar-refractivity contribution in [3.05, 3.63) is 32.1 Å². The summed E-state index contributed by atoms with van der Waals surface area (Å²) in [6, 6.07) is 0.